The van der Waals surface area contributed by atoms with Gasteiger partial charge in [0.05, 0.1) is 0 Å². The Labute approximate surface area is 108 Å². The lowest BCUT2D eigenvalue weighted by Crippen LogP contribution is -1.83. The molecular formula is C11H10Cl2N2S. The number of benzene rings is 1. The summed E-state index contributed by atoms with van der Waals surface area (Å²) >= 11 is 13.2. The van der Waals surface area contributed by atoms with Crippen molar-refractivity contribution in [2.75, 3.05) is 5.88 Å². The van der Waals surface area contributed by atoms with E-state index in [0.717, 1.165) is 32.6 Å². The highest BCUT2D eigenvalue weighted by atomic mass is 35.5. The average molecular weight is 273 g/mol. The molecule has 0 fully saturated rings. The van der Waals surface area contributed by atoms with Gasteiger partial charge in [-0.05, 0) is 24.6 Å². The minimum absolute atomic E-state index is 0.578. The van der Waals surface area contributed by atoms with Crippen LogP contribution in [0.2, 0.25) is 5.02 Å². The SMILES string of the molecule is Cc1cc(-c2nnc(CCCl)s2)ccc1Cl. The first kappa shape index (κ1) is 11.8. The number of hydrogen-bond donors (Lipinski definition) is 0. The van der Waals surface area contributed by atoms with Gasteiger partial charge < -0.3 is 0 Å². The summed E-state index contributed by atoms with van der Waals surface area (Å²) in [6, 6.07) is 5.86. The summed E-state index contributed by atoms with van der Waals surface area (Å²) in [6.45, 7) is 1.98. The van der Waals surface area contributed by atoms with E-state index in [9.17, 15) is 0 Å². The smallest absolute Gasteiger partial charge is 0.143 e. The van der Waals surface area contributed by atoms with Crippen molar-refractivity contribution in [3.8, 4) is 10.6 Å². The number of aromatic nitrogens is 2. The molecule has 0 radical (unpaired) electrons. The molecule has 5 heteroatoms. The lowest BCUT2D eigenvalue weighted by Gasteiger charge is -1.99. The predicted molar refractivity (Wildman–Crippen MR) is 69.5 cm³/mol. The van der Waals surface area contributed by atoms with Crippen molar-refractivity contribution in [1.82, 2.24) is 10.2 Å². The highest BCUT2D eigenvalue weighted by Gasteiger charge is 2.07. The molecule has 1 heterocycles. The Morgan fingerprint density at radius 3 is 2.81 bits per heavy atom. The molecule has 0 N–H and O–H groups in total. The zero-order valence-corrected chi connectivity index (χ0v) is 11.0. The fourth-order valence-electron chi connectivity index (χ4n) is 1.33. The highest BCUT2D eigenvalue weighted by Crippen LogP contribution is 2.27. The standard InChI is InChI=1S/C11H10Cl2N2S/c1-7-6-8(2-3-9(7)13)11-15-14-10(16-11)4-5-12/h2-3,6H,4-5H2,1H3. The van der Waals surface area contributed by atoms with Crippen LogP contribution in [-0.4, -0.2) is 16.1 Å². The Morgan fingerprint density at radius 2 is 2.12 bits per heavy atom. The second kappa shape index (κ2) is 5.13. The van der Waals surface area contributed by atoms with E-state index in [1.807, 2.05) is 25.1 Å². The van der Waals surface area contributed by atoms with Crippen LogP contribution < -0.4 is 0 Å². The molecule has 0 unspecified atom stereocenters. The van der Waals surface area contributed by atoms with Crippen LogP contribution in [0, 0.1) is 6.92 Å². The molecule has 2 nitrogen and oxygen atoms in total. The first-order chi connectivity index (χ1) is 7.70. The van der Waals surface area contributed by atoms with Crippen molar-refractivity contribution in [2.24, 2.45) is 0 Å². The summed E-state index contributed by atoms with van der Waals surface area (Å²) in [5.74, 6) is 0.578. The molecule has 0 bridgehead atoms. The van der Waals surface area contributed by atoms with E-state index in [-0.39, 0.29) is 0 Å². The molecule has 0 spiro atoms. The number of hydrogen-bond acceptors (Lipinski definition) is 3. The average Bonchev–Trinajstić information content (AvgIpc) is 2.71. The van der Waals surface area contributed by atoms with Gasteiger partial charge in [0.25, 0.3) is 0 Å². The molecule has 1 aromatic heterocycles. The van der Waals surface area contributed by atoms with Gasteiger partial charge in [0.2, 0.25) is 0 Å². The molecule has 1 aromatic carbocycles. The van der Waals surface area contributed by atoms with Gasteiger partial charge in [-0.2, -0.15) is 0 Å². The molecular weight excluding hydrogens is 263 g/mol. The molecule has 0 amide bonds. The number of alkyl halides is 1. The lowest BCUT2D eigenvalue weighted by molar-refractivity contribution is 0.990. The molecule has 16 heavy (non-hydrogen) atoms. The minimum Gasteiger partial charge on any atom is -0.143 e. The number of nitrogens with zero attached hydrogens (tertiary/aromatic N) is 2. The van der Waals surface area contributed by atoms with Crippen LogP contribution in [0.25, 0.3) is 10.6 Å². The summed E-state index contributed by atoms with van der Waals surface area (Å²) in [6.07, 6.45) is 0.770. The maximum atomic E-state index is 5.97. The van der Waals surface area contributed by atoms with Crippen LogP contribution in [0.1, 0.15) is 10.6 Å². The number of halogens is 2. The van der Waals surface area contributed by atoms with Crippen LogP contribution >= 0.6 is 34.5 Å². The van der Waals surface area contributed by atoms with E-state index in [1.54, 1.807) is 11.3 Å². The van der Waals surface area contributed by atoms with Crippen LogP contribution in [0.5, 0.6) is 0 Å². The van der Waals surface area contributed by atoms with Crippen molar-refractivity contribution in [1.29, 1.82) is 0 Å². The monoisotopic (exact) mass is 272 g/mol. The van der Waals surface area contributed by atoms with Gasteiger partial charge in [-0.3, -0.25) is 0 Å². The van der Waals surface area contributed by atoms with E-state index in [0.29, 0.717) is 5.88 Å². The molecule has 0 saturated heterocycles. The molecule has 0 atom stereocenters. The van der Waals surface area contributed by atoms with E-state index in [4.69, 9.17) is 23.2 Å². The Balaban J connectivity index is 2.31. The zero-order chi connectivity index (χ0) is 11.5. The van der Waals surface area contributed by atoms with Crippen LogP contribution in [0.3, 0.4) is 0 Å². The number of rotatable bonds is 3. The van der Waals surface area contributed by atoms with E-state index in [1.165, 1.54) is 0 Å². The third kappa shape index (κ3) is 2.54. The molecule has 2 rings (SSSR count). The molecule has 0 aliphatic rings. The van der Waals surface area contributed by atoms with E-state index < -0.39 is 0 Å². The normalized spacial score (nSPS) is 10.7. The Hall–Kier alpha value is -0.640. The van der Waals surface area contributed by atoms with E-state index >= 15 is 0 Å². The van der Waals surface area contributed by atoms with Gasteiger partial charge >= 0.3 is 0 Å². The molecule has 0 aliphatic heterocycles. The van der Waals surface area contributed by atoms with Crippen molar-refractivity contribution in [3.05, 3.63) is 33.8 Å². The minimum atomic E-state index is 0.578. The summed E-state index contributed by atoms with van der Waals surface area (Å²) in [5, 5.41) is 10.9. The third-order valence-electron chi connectivity index (χ3n) is 2.18. The summed E-state index contributed by atoms with van der Waals surface area (Å²) in [4.78, 5) is 0. The first-order valence-corrected chi connectivity index (χ1v) is 6.58. The zero-order valence-electron chi connectivity index (χ0n) is 8.70. The maximum Gasteiger partial charge on any atom is 0.147 e. The summed E-state index contributed by atoms with van der Waals surface area (Å²) < 4.78 is 0. The van der Waals surface area contributed by atoms with E-state index in [2.05, 4.69) is 10.2 Å². The van der Waals surface area contributed by atoms with Crippen LogP contribution in [0.15, 0.2) is 18.2 Å². The number of aryl methyl sites for hydroxylation is 2. The topological polar surface area (TPSA) is 25.8 Å². The molecule has 84 valence electrons. The maximum absolute atomic E-state index is 5.97. The lowest BCUT2D eigenvalue weighted by atomic mass is 10.1. The second-order valence-electron chi connectivity index (χ2n) is 3.40. The van der Waals surface area contributed by atoms with Crippen LogP contribution in [0.4, 0.5) is 0 Å². The molecule has 2 aromatic rings. The van der Waals surface area contributed by atoms with Gasteiger partial charge in [-0.1, -0.05) is 29.0 Å². The largest absolute Gasteiger partial charge is 0.147 e. The van der Waals surface area contributed by atoms with Crippen molar-refractivity contribution >= 4 is 34.5 Å². The Morgan fingerprint density at radius 1 is 1.31 bits per heavy atom. The summed E-state index contributed by atoms with van der Waals surface area (Å²) in [5.41, 5.74) is 2.11. The third-order valence-corrected chi connectivity index (χ3v) is 3.83. The molecule has 0 saturated carbocycles. The predicted octanol–water partition coefficient (Wildman–Crippen LogP) is 3.95. The highest BCUT2D eigenvalue weighted by molar-refractivity contribution is 7.14. The fourth-order valence-corrected chi connectivity index (χ4v) is 2.57. The Bertz CT molecular complexity index is 496. The van der Waals surface area contributed by atoms with Gasteiger partial charge in [0.15, 0.2) is 0 Å². The Kier molecular flexibility index (Phi) is 3.79. The van der Waals surface area contributed by atoms with Gasteiger partial charge in [-0.25, -0.2) is 0 Å². The van der Waals surface area contributed by atoms with Gasteiger partial charge in [0, 0.05) is 22.9 Å². The second-order valence-corrected chi connectivity index (χ2v) is 5.25. The van der Waals surface area contributed by atoms with Crippen molar-refractivity contribution in [2.45, 2.75) is 13.3 Å². The quantitative estimate of drug-likeness (QED) is 0.791. The van der Waals surface area contributed by atoms with Gasteiger partial charge in [0.1, 0.15) is 10.0 Å². The first-order valence-electron chi connectivity index (χ1n) is 4.85. The van der Waals surface area contributed by atoms with Crippen molar-refractivity contribution in [3.63, 3.8) is 0 Å². The van der Waals surface area contributed by atoms with Crippen molar-refractivity contribution < 1.29 is 0 Å². The van der Waals surface area contributed by atoms with Gasteiger partial charge in [-0.15, -0.1) is 21.8 Å². The summed E-state index contributed by atoms with van der Waals surface area (Å²) in [7, 11) is 0. The fraction of sp³-hybridized carbons (Fsp3) is 0.273. The molecule has 0 aliphatic carbocycles. The van der Waals surface area contributed by atoms with Crippen LogP contribution in [-0.2, 0) is 6.42 Å².